The third kappa shape index (κ3) is 1.36. The first-order valence-electron chi connectivity index (χ1n) is 5.10. The molecule has 0 spiro atoms. The minimum atomic E-state index is 0.520. The van der Waals surface area contributed by atoms with Crippen molar-refractivity contribution in [2.45, 2.75) is 40.0 Å². The van der Waals surface area contributed by atoms with Gasteiger partial charge in [0, 0.05) is 16.8 Å². The molecule has 0 aliphatic rings. The lowest BCUT2D eigenvalue weighted by molar-refractivity contribution is 0.832. The summed E-state index contributed by atoms with van der Waals surface area (Å²) in [6.07, 6.45) is 3.27. The van der Waals surface area contributed by atoms with E-state index >= 15 is 0 Å². The van der Waals surface area contributed by atoms with Gasteiger partial charge in [-0.15, -0.1) is 11.3 Å². The first kappa shape index (κ1) is 9.71. The number of nitrogens with zero attached hydrogens (tertiary/aromatic N) is 2. The molecule has 14 heavy (non-hydrogen) atoms. The van der Waals surface area contributed by atoms with Gasteiger partial charge in [0.15, 0.2) is 4.96 Å². The lowest BCUT2D eigenvalue weighted by Gasteiger charge is -1.97. The average Bonchev–Trinajstić information content (AvgIpc) is 2.60. The van der Waals surface area contributed by atoms with Gasteiger partial charge in [0.1, 0.15) is 0 Å². The summed E-state index contributed by atoms with van der Waals surface area (Å²) >= 11 is 1.79. The Morgan fingerprint density at radius 2 is 2.21 bits per heavy atom. The van der Waals surface area contributed by atoms with Gasteiger partial charge in [0.2, 0.25) is 0 Å². The first-order valence-corrected chi connectivity index (χ1v) is 5.92. The number of hydrogen-bond donors (Lipinski definition) is 0. The maximum absolute atomic E-state index is 4.62. The molecule has 0 saturated heterocycles. The van der Waals surface area contributed by atoms with E-state index in [1.807, 2.05) is 0 Å². The zero-order valence-corrected chi connectivity index (χ0v) is 9.98. The number of rotatable bonds is 2. The van der Waals surface area contributed by atoms with Crippen molar-refractivity contribution in [2.24, 2.45) is 0 Å². The fourth-order valence-electron chi connectivity index (χ4n) is 1.71. The van der Waals surface area contributed by atoms with Crippen molar-refractivity contribution in [1.82, 2.24) is 9.38 Å². The van der Waals surface area contributed by atoms with E-state index in [9.17, 15) is 0 Å². The molecule has 0 fully saturated rings. The van der Waals surface area contributed by atoms with Crippen LogP contribution < -0.4 is 0 Å². The smallest absolute Gasteiger partial charge is 0.194 e. The zero-order chi connectivity index (χ0) is 10.3. The number of aryl methyl sites for hydroxylation is 2. The normalized spacial score (nSPS) is 11.8. The largest absolute Gasteiger partial charge is 0.294 e. The highest BCUT2D eigenvalue weighted by molar-refractivity contribution is 7.17. The molecule has 0 N–H and O–H groups in total. The topological polar surface area (TPSA) is 17.3 Å². The maximum Gasteiger partial charge on any atom is 0.194 e. The van der Waals surface area contributed by atoms with Crippen LogP contribution in [0.5, 0.6) is 0 Å². The molecule has 76 valence electrons. The van der Waals surface area contributed by atoms with Crippen molar-refractivity contribution < 1.29 is 0 Å². The Morgan fingerprint density at radius 1 is 1.50 bits per heavy atom. The molecule has 0 atom stereocenters. The van der Waals surface area contributed by atoms with E-state index in [4.69, 9.17) is 0 Å². The standard InChI is InChI=1S/C11H16N2S/c1-5-10-8(4)14-11-12-9(7(2)3)6-13(10)11/h6-7H,5H2,1-4H3. The highest BCUT2D eigenvalue weighted by Crippen LogP contribution is 2.25. The van der Waals surface area contributed by atoms with Crippen molar-refractivity contribution in [2.75, 3.05) is 0 Å². The predicted octanol–water partition coefficient (Wildman–Crippen LogP) is 3.39. The van der Waals surface area contributed by atoms with Gasteiger partial charge < -0.3 is 0 Å². The summed E-state index contributed by atoms with van der Waals surface area (Å²) < 4.78 is 2.25. The van der Waals surface area contributed by atoms with Gasteiger partial charge >= 0.3 is 0 Å². The Balaban J connectivity index is 2.62. The Kier molecular flexibility index (Phi) is 2.35. The summed E-state index contributed by atoms with van der Waals surface area (Å²) in [7, 11) is 0. The molecular weight excluding hydrogens is 192 g/mol. The van der Waals surface area contributed by atoms with E-state index in [1.165, 1.54) is 16.3 Å². The molecule has 2 heterocycles. The quantitative estimate of drug-likeness (QED) is 0.739. The second kappa shape index (κ2) is 3.39. The molecule has 3 heteroatoms. The highest BCUT2D eigenvalue weighted by Gasteiger charge is 2.11. The molecule has 2 aromatic rings. The van der Waals surface area contributed by atoms with Gasteiger partial charge in [-0.05, 0) is 19.3 Å². The van der Waals surface area contributed by atoms with Crippen molar-refractivity contribution in [3.05, 3.63) is 22.5 Å². The van der Waals surface area contributed by atoms with Gasteiger partial charge in [-0.1, -0.05) is 20.8 Å². The zero-order valence-electron chi connectivity index (χ0n) is 9.16. The molecule has 2 aromatic heterocycles. The Labute approximate surface area is 88.6 Å². The second-order valence-corrected chi connectivity index (χ2v) is 5.11. The number of aromatic nitrogens is 2. The molecule has 0 bridgehead atoms. The van der Waals surface area contributed by atoms with E-state index in [1.54, 1.807) is 11.3 Å². The van der Waals surface area contributed by atoms with Crippen LogP contribution in [0.2, 0.25) is 0 Å². The number of fused-ring (bicyclic) bond motifs is 1. The van der Waals surface area contributed by atoms with Crippen LogP contribution in [-0.4, -0.2) is 9.38 Å². The lowest BCUT2D eigenvalue weighted by Crippen LogP contribution is -1.90. The molecule has 2 rings (SSSR count). The fraction of sp³-hybridized carbons (Fsp3) is 0.545. The van der Waals surface area contributed by atoms with Gasteiger partial charge in [-0.25, -0.2) is 4.98 Å². The van der Waals surface area contributed by atoms with Gasteiger partial charge in [-0.3, -0.25) is 4.40 Å². The summed E-state index contributed by atoms with van der Waals surface area (Å²) in [6.45, 7) is 8.74. The maximum atomic E-state index is 4.62. The van der Waals surface area contributed by atoms with E-state index in [2.05, 4.69) is 43.3 Å². The minimum Gasteiger partial charge on any atom is -0.294 e. The minimum absolute atomic E-state index is 0.520. The summed E-state index contributed by atoms with van der Waals surface area (Å²) in [6, 6.07) is 0. The molecule has 0 amide bonds. The summed E-state index contributed by atoms with van der Waals surface area (Å²) in [5, 5.41) is 0. The molecular formula is C11H16N2S. The van der Waals surface area contributed by atoms with E-state index in [0.717, 1.165) is 11.4 Å². The number of hydrogen-bond acceptors (Lipinski definition) is 2. The van der Waals surface area contributed by atoms with Crippen LogP contribution in [0.1, 0.15) is 43.0 Å². The second-order valence-electron chi connectivity index (χ2n) is 3.93. The Morgan fingerprint density at radius 3 is 2.79 bits per heavy atom. The van der Waals surface area contributed by atoms with Crippen molar-refractivity contribution in [3.63, 3.8) is 0 Å². The van der Waals surface area contributed by atoms with Crippen LogP contribution in [0.3, 0.4) is 0 Å². The van der Waals surface area contributed by atoms with Crippen molar-refractivity contribution in [1.29, 1.82) is 0 Å². The fourth-order valence-corrected chi connectivity index (χ4v) is 2.76. The highest BCUT2D eigenvalue weighted by atomic mass is 32.1. The molecule has 2 nitrogen and oxygen atoms in total. The monoisotopic (exact) mass is 208 g/mol. The molecule has 0 unspecified atom stereocenters. The average molecular weight is 208 g/mol. The van der Waals surface area contributed by atoms with Gasteiger partial charge in [0.25, 0.3) is 0 Å². The van der Waals surface area contributed by atoms with Crippen LogP contribution in [0, 0.1) is 6.92 Å². The van der Waals surface area contributed by atoms with E-state index in [0.29, 0.717) is 5.92 Å². The molecule has 0 radical (unpaired) electrons. The van der Waals surface area contributed by atoms with E-state index < -0.39 is 0 Å². The van der Waals surface area contributed by atoms with Crippen LogP contribution in [-0.2, 0) is 6.42 Å². The van der Waals surface area contributed by atoms with E-state index in [-0.39, 0.29) is 0 Å². The summed E-state index contributed by atoms with van der Waals surface area (Å²) in [5.41, 5.74) is 2.61. The van der Waals surface area contributed by atoms with Crippen molar-refractivity contribution >= 4 is 16.3 Å². The Bertz CT molecular complexity index is 451. The van der Waals surface area contributed by atoms with Crippen LogP contribution in [0.4, 0.5) is 0 Å². The SMILES string of the molecule is CCc1c(C)sc2nc(C(C)C)cn12. The van der Waals surface area contributed by atoms with Gasteiger partial charge in [0.05, 0.1) is 5.69 Å². The molecule has 0 aromatic carbocycles. The van der Waals surface area contributed by atoms with Crippen LogP contribution >= 0.6 is 11.3 Å². The third-order valence-electron chi connectivity index (χ3n) is 2.56. The summed E-state index contributed by atoms with van der Waals surface area (Å²) in [4.78, 5) is 7.16. The van der Waals surface area contributed by atoms with Gasteiger partial charge in [-0.2, -0.15) is 0 Å². The van der Waals surface area contributed by atoms with Crippen molar-refractivity contribution in [3.8, 4) is 0 Å². The first-order chi connectivity index (χ1) is 6.63. The molecule has 0 saturated carbocycles. The number of imidazole rings is 1. The van der Waals surface area contributed by atoms with Crippen LogP contribution in [0.15, 0.2) is 6.20 Å². The number of thiazole rings is 1. The van der Waals surface area contributed by atoms with Crippen LogP contribution in [0.25, 0.3) is 4.96 Å². The Hall–Kier alpha value is -0.830. The summed E-state index contributed by atoms with van der Waals surface area (Å²) in [5.74, 6) is 0.520. The molecule has 0 aliphatic carbocycles. The third-order valence-corrected chi connectivity index (χ3v) is 3.57. The molecule has 0 aliphatic heterocycles. The lowest BCUT2D eigenvalue weighted by atomic mass is 10.2. The predicted molar refractivity (Wildman–Crippen MR) is 61.3 cm³/mol.